The van der Waals surface area contributed by atoms with Gasteiger partial charge in [0.05, 0.1) is 4.92 Å². The monoisotopic (exact) mass is 245 g/mol. The third kappa shape index (κ3) is 4.52. The number of carbonyl (C=O) groups excluding carboxylic acids is 2. The fraction of sp³-hybridized carbons (Fsp3) is 0.0769. The van der Waals surface area contributed by atoms with Gasteiger partial charge in [-0.1, -0.05) is 17.7 Å². The Morgan fingerprint density at radius 3 is 1.61 bits per heavy atom. The summed E-state index contributed by atoms with van der Waals surface area (Å²) in [5.41, 5.74) is 1.18. The quantitative estimate of drug-likeness (QED) is 0.431. The van der Waals surface area contributed by atoms with Crippen LogP contribution in [-0.2, 0) is 9.59 Å². The molecule has 0 saturated carbocycles. The van der Waals surface area contributed by atoms with Crippen molar-refractivity contribution in [2.75, 3.05) is 0 Å². The normalized spacial score (nSPS) is 12.9. The Hall–Kier alpha value is -2.56. The maximum Gasteiger partial charge on any atom is 0.269 e. The number of hydrogen-bond donors (Lipinski definition) is 0. The van der Waals surface area contributed by atoms with E-state index < -0.39 is 4.92 Å². The molecule has 18 heavy (non-hydrogen) atoms. The summed E-state index contributed by atoms with van der Waals surface area (Å²) in [4.78, 5) is 30.3. The highest BCUT2D eigenvalue weighted by molar-refractivity contribution is 6.14. The van der Waals surface area contributed by atoms with Crippen LogP contribution in [0.15, 0.2) is 48.6 Å². The first-order valence-corrected chi connectivity index (χ1v) is 5.14. The summed E-state index contributed by atoms with van der Waals surface area (Å²) in [5, 5.41) is 10.1. The Bertz CT molecular complexity index is 488. The van der Waals surface area contributed by atoms with Gasteiger partial charge in [0.2, 0.25) is 0 Å². The van der Waals surface area contributed by atoms with Crippen molar-refractivity contribution >= 4 is 17.3 Å². The molecule has 0 heterocycles. The van der Waals surface area contributed by atoms with Crippen molar-refractivity contribution in [1.82, 2.24) is 0 Å². The first-order valence-electron chi connectivity index (χ1n) is 5.14. The highest BCUT2D eigenvalue weighted by Gasteiger charge is 2.00. The SMILES string of the molecule is Cc1ccc([N+](=O)[O-])cc1.O=C1C=CC(=O)C=C1. The minimum atomic E-state index is -0.403. The highest BCUT2D eigenvalue weighted by Crippen LogP contribution is 2.10. The first kappa shape index (κ1) is 13.5. The summed E-state index contributed by atoms with van der Waals surface area (Å²) in [7, 11) is 0. The lowest BCUT2D eigenvalue weighted by molar-refractivity contribution is -0.384. The van der Waals surface area contributed by atoms with Crippen molar-refractivity contribution in [3.8, 4) is 0 Å². The topological polar surface area (TPSA) is 77.3 Å². The molecule has 1 aromatic rings. The summed E-state index contributed by atoms with van der Waals surface area (Å²) >= 11 is 0. The Labute approximate surface area is 104 Å². The van der Waals surface area contributed by atoms with Crippen molar-refractivity contribution in [3.63, 3.8) is 0 Å². The van der Waals surface area contributed by atoms with Crippen LogP contribution in [-0.4, -0.2) is 16.5 Å². The molecule has 1 aliphatic rings. The number of non-ortho nitro benzene ring substituents is 1. The summed E-state index contributed by atoms with van der Waals surface area (Å²) in [6, 6.07) is 6.43. The van der Waals surface area contributed by atoms with E-state index in [0.29, 0.717) is 0 Å². The lowest BCUT2D eigenvalue weighted by Gasteiger charge is -1.90. The van der Waals surface area contributed by atoms with E-state index in [-0.39, 0.29) is 17.3 Å². The third-order valence-corrected chi connectivity index (χ3v) is 2.07. The molecule has 1 aromatic carbocycles. The van der Waals surface area contributed by atoms with Gasteiger partial charge in [-0.15, -0.1) is 0 Å². The number of ketones is 2. The number of allylic oxidation sites excluding steroid dienone is 4. The zero-order valence-electron chi connectivity index (χ0n) is 9.70. The molecule has 0 N–H and O–H groups in total. The molecule has 92 valence electrons. The molecule has 0 unspecified atom stereocenters. The second-order valence-corrected chi connectivity index (χ2v) is 3.56. The van der Waals surface area contributed by atoms with Gasteiger partial charge < -0.3 is 0 Å². The van der Waals surface area contributed by atoms with E-state index in [1.807, 2.05) is 6.92 Å². The number of rotatable bonds is 1. The maximum absolute atomic E-state index is 10.3. The molecule has 5 nitrogen and oxygen atoms in total. The predicted molar refractivity (Wildman–Crippen MR) is 66.1 cm³/mol. The molecule has 0 saturated heterocycles. The number of carbonyl (C=O) groups is 2. The van der Waals surface area contributed by atoms with Gasteiger partial charge in [0, 0.05) is 12.1 Å². The van der Waals surface area contributed by atoms with E-state index in [2.05, 4.69) is 0 Å². The van der Waals surface area contributed by atoms with Crippen molar-refractivity contribution in [3.05, 3.63) is 64.2 Å². The third-order valence-electron chi connectivity index (χ3n) is 2.07. The Balaban J connectivity index is 0.000000184. The molecule has 0 bridgehead atoms. The molecule has 0 spiro atoms. The van der Waals surface area contributed by atoms with Crippen LogP contribution in [0, 0.1) is 17.0 Å². The highest BCUT2D eigenvalue weighted by atomic mass is 16.6. The number of hydrogen-bond acceptors (Lipinski definition) is 4. The van der Waals surface area contributed by atoms with Gasteiger partial charge >= 0.3 is 0 Å². The first-order chi connectivity index (χ1) is 8.49. The molecule has 2 rings (SSSR count). The van der Waals surface area contributed by atoms with E-state index >= 15 is 0 Å². The number of nitro groups is 1. The van der Waals surface area contributed by atoms with Crippen molar-refractivity contribution in [2.45, 2.75) is 6.92 Å². The number of benzene rings is 1. The zero-order valence-corrected chi connectivity index (χ0v) is 9.70. The number of nitrogens with zero attached hydrogens (tertiary/aromatic N) is 1. The Morgan fingerprint density at radius 2 is 1.28 bits per heavy atom. The van der Waals surface area contributed by atoms with Gasteiger partial charge in [0.25, 0.3) is 5.69 Å². The van der Waals surface area contributed by atoms with Crippen molar-refractivity contribution < 1.29 is 14.5 Å². The fourth-order valence-electron chi connectivity index (χ4n) is 1.11. The predicted octanol–water partition coefficient (Wildman–Crippen LogP) is 2.15. The van der Waals surface area contributed by atoms with Gasteiger partial charge in [-0.2, -0.15) is 0 Å². The van der Waals surface area contributed by atoms with Crippen LogP contribution < -0.4 is 0 Å². The summed E-state index contributed by atoms with van der Waals surface area (Å²) in [6.45, 7) is 1.89. The minimum Gasteiger partial charge on any atom is -0.290 e. The molecule has 0 aliphatic heterocycles. The summed E-state index contributed by atoms with van der Waals surface area (Å²) in [5.74, 6) is -0.241. The van der Waals surface area contributed by atoms with Crippen LogP contribution in [0.4, 0.5) is 5.69 Å². The van der Waals surface area contributed by atoms with Crippen LogP contribution in [0.2, 0.25) is 0 Å². The molecule has 5 heteroatoms. The maximum atomic E-state index is 10.3. The molecule has 1 aliphatic carbocycles. The second kappa shape index (κ2) is 6.24. The van der Waals surface area contributed by atoms with E-state index in [1.165, 1.54) is 36.4 Å². The largest absolute Gasteiger partial charge is 0.290 e. The van der Waals surface area contributed by atoms with E-state index in [4.69, 9.17) is 0 Å². The average molecular weight is 245 g/mol. The smallest absolute Gasteiger partial charge is 0.269 e. The van der Waals surface area contributed by atoms with E-state index in [9.17, 15) is 19.7 Å². The fourth-order valence-corrected chi connectivity index (χ4v) is 1.11. The molecule has 0 atom stereocenters. The molecule has 0 amide bonds. The summed E-state index contributed by atoms with van der Waals surface area (Å²) in [6.07, 6.45) is 5.01. The standard InChI is InChI=1S/C7H7NO2.C6H4O2/c1-6-2-4-7(5-3-6)8(9)10;7-5-1-2-6(8)4-3-5/h2-5H,1H3;1-4H. The Kier molecular flexibility index (Phi) is 4.68. The minimum absolute atomic E-state index is 0.121. The van der Waals surface area contributed by atoms with Gasteiger partial charge in [0.1, 0.15) is 0 Å². The van der Waals surface area contributed by atoms with E-state index in [0.717, 1.165) is 5.56 Å². The van der Waals surface area contributed by atoms with Gasteiger partial charge in [-0.05, 0) is 31.2 Å². The molecule has 0 aromatic heterocycles. The zero-order chi connectivity index (χ0) is 13.5. The number of nitro benzene ring substituents is 1. The number of aryl methyl sites for hydroxylation is 1. The van der Waals surface area contributed by atoms with Gasteiger partial charge in [-0.25, -0.2) is 0 Å². The molecular formula is C13H11NO4. The van der Waals surface area contributed by atoms with E-state index in [1.54, 1.807) is 12.1 Å². The lowest BCUT2D eigenvalue weighted by atomic mass is 10.2. The average Bonchev–Trinajstić information content (AvgIpc) is 2.34. The van der Waals surface area contributed by atoms with Crippen LogP contribution in [0.1, 0.15) is 5.56 Å². The second-order valence-electron chi connectivity index (χ2n) is 3.56. The molecule has 0 fully saturated rings. The van der Waals surface area contributed by atoms with Crippen LogP contribution >= 0.6 is 0 Å². The van der Waals surface area contributed by atoms with Gasteiger partial charge in [-0.3, -0.25) is 19.7 Å². The summed E-state index contributed by atoms with van der Waals surface area (Å²) < 4.78 is 0. The lowest BCUT2D eigenvalue weighted by Crippen LogP contribution is -1.97. The van der Waals surface area contributed by atoms with Crippen molar-refractivity contribution in [1.29, 1.82) is 0 Å². The molecular weight excluding hydrogens is 234 g/mol. The van der Waals surface area contributed by atoms with Gasteiger partial charge in [0.15, 0.2) is 11.6 Å². The van der Waals surface area contributed by atoms with Crippen LogP contribution in [0.3, 0.4) is 0 Å². The molecule has 0 radical (unpaired) electrons. The van der Waals surface area contributed by atoms with Crippen LogP contribution in [0.5, 0.6) is 0 Å². The van der Waals surface area contributed by atoms with Crippen molar-refractivity contribution in [2.24, 2.45) is 0 Å². The van der Waals surface area contributed by atoms with Crippen LogP contribution in [0.25, 0.3) is 0 Å². The Morgan fingerprint density at radius 1 is 0.889 bits per heavy atom.